The quantitative estimate of drug-likeness (QED) is 0.856. The molecule has 4 heteroatoms. The van der Waals surface area contributed by atoms with Crippen LogP contribution in [0.2, 0.25) is 0 Å². The van der Waals surface area contributed by atoms with Crippen LogP contribution in [0.15, 0.2) is 52.4 Å². The Labute approximate surface area is 97.9 Å². The van der Waals surface area contributed by atoms with Crippen molar-refractivity contribution in [1.82, 2.24) is 4.98 Å². The number of pyridine rings is 1. The lowest BCUT2D eigenvalue weighted by Gasteiger charge is -2.02. The number of hydrogen-bond donors (Lipinski definition) is 1. The third-order valence-electron chi connectivity index (χ3n) is 1.97. The summed E-state index contributed by atoms with van der Waals surface area (Å²) in [4.78, 5) is 5.25. The standard InChI is InChI=1S/C12H9N3S/c13-8-11-10(14)6-7-12(15-11)16-9-4-2-1-3-5-9/h1-7H,14H2. The van der Waals surface area contributed by atoms with Gasteiger partial charge in [0.2, 0.25) is 0 Å². The van der Waals surface area contributed by atoms with Gasteiger partial charge in [-0.25, -0.2) is 4.98 Å². The van der Waals surface area contributed by atoms with E-state index in [0.29, 0.717) is 5.69 Å². The molecule has 0 saturated heterocycles. The highest BCUT2D eigenvalue weighted by molar-refractivity contribution is 7.99. The highest BCUT2D eigenvalue weighted by atomic mass is 32.2. The van der Waals surface area contributed by atoms with Crippen molar-refractivity contribution in [3.8, 4) is 6.07 Å². The number of nitrogens with zero attached hydrogens (tertiary/aromatic N) is 2. The van der Waals surface area contributed by atoms with E-state index in [9.17, 15) is 0 Å². The minimum Gasteiger partial charge on any atom is -0.396 e. The van der Waals surface area contributed by atoms with Crippen LogP contribution in [-0.4, -0.2) is 4.98 Å². The van der Waals surface area contributed by atoms with E-state index in [1.54, 1.807) is 6.07 Å². The molecule has 0 unspecified atom stereocenters. The summed E-state index contributed by atoms with van der Waals surface area (Å²) in [6.45, 7) is 0. The molecule has 16 heavy (non-hydrogen) atoms. The lowest BCUT2D eigenvalue weighted by Crippen LogP contribution is -1.94. The zero-order chi connectivity index (χ0) is 11.4. The molecule has 0 spiro atoms. The molecule has 3 nitrogen and oxygen atoms in total. The SMILES string of the molecule is N#Cc1nc(Sc2ccccc2)ccc1N. The van der Waals surface area contributed by atoms with Gasteiger partial charge in [-0.1, -0.05) is 30.0 Å². The minimum atomic E-state index is 0.279. The topological polar surface area (TPSA) is 62.7 Å². The Balaban J connectivity index is 2.27. The van der Waals surface area contributed by atoms with Crippen LogP contribution in [-0.2, 0) is 0 Å². The summed E-state index contributed by atoms with van der Waals surface area (Å²) in [5.41, 5.74) is 6.29. The maximum absolute atomic E-state index is 8.81. The number of aromatic nitrogens is 1. The van der Waals surface area contributed by atoms with E-state index in [0.717, 1.165) is 9.92 Å². The average molecular weight is 227 g/mol. The zero-order valence-corrected chi connectivity index (χ0v) is 9.24. The van der Waals surface area contributed by atoms with Crippen LogP contribution in [0.5, 0.6) is 0 Å². The molecule has 0 atom stereocenters. The third-order valence-corrected chi connectivity index (χ3v) is 2.92. The minimum absolute atomic E-state index is 0.279. The molecule has 0 fully saturated rings. The summed E-state index contributed by atoms with van der Waals surface area (Å²) in [6, 6.07) is 15.4. The number of hydrogen-bond acceptors (Lipinski definition) is 4. The molecule has 2 N–H and O–H groups in total. The zero-order valence-electron chi connectivity index (χ0n) is 8.42. The molecule has 0 aliphatic rings. The van der Waals surface area contributed by atoms with Crippen LogP contribution in [0, 0.1) is 11.3 Å². The predicted molar refractivity (Wildman–Crippen MR) is 63.9 cm³/mol. The van der Waals surface area contributed by atoms with E-state index >= 15 is 0 Å². The molecule has 2 rings (SSSR count). The van der Waals surface area contributed by atoms with Gasteiger partial charge in [0.15, 0.2) is 5.69 Å². The van der Waals surface area contributed by atoms with Gasteiger partial charge in [-0.2, -0.15) is 5.26 Å². The van der Waals surface area contributed by atoms with Crippen molar-refractivity contribution in [3.05, 3.63) is 48.2 Å². The molecule has 0 aliphatic carbocycles. The fourth-order valence-corrected chi connectivity index (χ4v) is 2.02. The number of nitrogens with two attached hydrogens (primary N) is 1. The van der Waals surface area contributed by atoms with Gasteiger partial charge in [0, 0.05) is 4.90 Å². The highest BCUT2D eigenvalue weighted by Gasteiger charge is 2.03. The van der Waals surface area contributed by atoms with Crippen molar-refractivity contribution in [3.63, 3.8) is 0 Å². The first-order chi connectivity index (χ1) is 7.79. The summed E-state index contributed by atoms with van der Waals surface area (Å²) in [5.74, 6) is 0. The number of nitrogen functional groups attached to an aromatic ring is 1. The lowest BCUT2D eigenvalue weighted by molar-refractivity contribution is 1.11. The molecule has 1 aromatic carbocycles. The molecule has 0 saturated carbocycles. The molecule has 0 aliphatic heterocycles. The van der Waals surface area contributed by atoms with Crippen molar-refractivity contribution in [1.29, 1.82) is 5.26 Å². The van der Waals surface area contributed by atoms with Crippen molar-refractivity contribution in [2.75, 3.05) is 5.73 Å². The molecule has 2 aromatic rings. The van der Waals surface area contributed by atoms with E-state index in [2.05, 4.69) is 4.98 Å². The van der Waals surface area contributed by atoms with Crippen LogP contribution in [0.3, 0.4) is 0 Å². The van der Waals surface area contributed by atoms with Crippen LogP contribution in [0.4, 0.5) is 5.69 Å². The van der Waals surface area contributed by atoms with Crippen molar-refractivity contribution in [2.45, 2.75) is 9.92 Å². The Morgan fingerprint density at radius 3 is 2.56 bits per heavy atom. The van der Waals surface area contributed by atoms with Gasteiger partial charge in [0.25, 0.3) is 0 Å². The van der Waals surface area contributed by atoms with Gasteiger partial charge >= 0.3 is 0 Å². The second kappa shape index (κ2) is 4.69. The largest absolute Gasteiger partial charge is 0.396 e. The Kier molecular flexibility index (Phi) is 3.08. The Morgan fingerprint density at radius 1 is 1.12 bits per heavy atom. The Bertz CT molecular complexity index is 532. The maximum atomic E-state index is 8.81. The first-order valence-electron chi connectivity index (χ1n) is 4.69. The smallest absolute Gasteiger partial charge is 0.164 e. The van der Waals surface area contributed by atoms with Gasteiger partial charge in [-0.15, -0.1) is 0 Å². The fourth-order valence-electron chi connectivity index (χ4n) is 1.21. The molecule has 0 amide bonds. The molecule has 78 valence electrons. The molecule has 1 heterocycles. The van der Waals surface area contributed by atoms with Crippen molar-refractivity contribution < 1.29 is 0 Å². The van der Waals surface area contributed by atoms with Crippen LogP contribution in [0.25, 0.3) is 0 Å². The van der Waals surface area contributed by atoms with Gasteiger partial charge in [0.05, 0.1) is 5.69 Å². The van der Waals surface area contributed by atoms with Crippen LogP contribution in [0.1, 0.15) is 5.69 Å². The van der Waals surface area contributed by atoms with Crippen molar-refractivity contribution >= 4 is 17.4 Å². The van der Waals surface area contributed by atoms with E-state index in [-0.39, 0.29) is 5.69 Å². The van der Waals surface area contributed by atoms with Crippen LogP contribution >= 0.6 is 11.8 Å². The van der Waals surface area contributed by atoms with E-state index in [1.807, 2.05) is 42.5 Å². The monoisotopic (exact) mass is 227 g/mol. The first kappa shape index (κ1) is 10.5. The Morgan fingerprint density at radius 2 is 1.88 bits per heavy atom. The summed E-state index contributed by atoms with van der Waals surface area (Å²) < 4.78 is 0. The predicted octanol–water partition coefficient (Wildman–Crippen LogP) is 2.69. The molecule has 0 bridgehead atoms. The fraction of sp³-hybridized carbons (Fsp3) is 0. The van der Waals surface area contributed by atoms with Gasteiger partial charge in [-0.3, -0.25) is 0 Å². The van der Waals surface area contributed by atoms with Crippen molar-refractivity contribution in [2.24, 2.45) is 0 Å². The summed E-state index contributed by atoms with van der Waals surface area (Å²) >= 11 is 1.51. The molecule has 1 aromatic heterocycles. The number of anilines is 1. The van der Waals surface area contributed by atoms with E-state index in [1.165, 1.54) is 11.8 Å². The normalized spacial score (nSPS) is 9.69. The van der Waals surface area contributed by atoms with Gasteiger partial charge in [0.1, 0.15) is 11.1 Å². The second-order valence-corrected chi connectivity index (χ2v) is 4.21. The number of benzene rings is 1. The Hall–Kier alpha value is -1.99. The average Bonchev–Trinajstić information content (AvgIpc) is 2.33. The first-order valence-corrected chi connectivity index (χ1v) is 5.51. The summed E-state index contributed by atoms with van der Waals surface area (Å²) in [6.07, 6.45) is 0. The molecular weight excluding hydrogens is 218 g/mol. The van der Waals surface area contributed by atoms with E-state index in [4.69, 9.17) is 11.0 Å². The van der Waals surface area contributed by atoms with Gasteiger partial charge < -0.3 is 5.73 Å². The third kappa shape index (κ3) is 2.33. The number of nitriles is 1. The summed E-state index contributed by atoms with van der Waals surface area (Å²) in [7, 11) is 0. The summed E-state index contributed by atoms with van der Waals surface area (Å²) in [5, 5.41) is 9.58. The van der Waals surface area contributed by atoms with Crippen LogP contribution < -0.4 is 5.73 Å². The molecule has 0 radical (unpaired) electrons. The molecular formula is C12H9N3S. The van der Waals surface area contributed by atoms with E-state index < -0.39 is 0 Å². The highest BCUT2D eigenvalue weighted by Crippen LogP contribution is 2.26. The second-order valence-electron chi connectivity index (χ2n) is 3.11. The maximum Gasteiger partial charge on any atom is 0.164 e. The number of rotatable bonds is 2. The van der Waals surface area contributed by atoms with Gasteiger partial charge in [-0.05, 0) is 24.3 Å². The lowest BCUT2D eigenvalue weighted by atomic mass is 10.3.